The van der Waals surface area contributed by atoms with Gasteiger partial charge in [0.2, 0.25) is 0 Å². The van der Waals surface area contributed by atoms with E-state index in [9.17, 15) is 0 Å². The smallest absolute Gasteiger partial charge is 0.156 e. The van der Waals surface area contributed by atoms with E-state index in [1.54, 1.807) is 12.1 Å². The Bertz CT molecular complexity index is 891. The van der Waals surface area contributed by atoms with Crippen molar-refractivity contribution in [1.82, 2.24) is 0 Å². The number of oxime groups is 1. The first kappa shape index (κ1) is 25.5. The number of nitrogens with zero attached hydrogens (tertiary/aromatic N) is 1. The minimum Gasteiger partial charge on any atom is -0.493 e. The monoisotopic (exact) mass is 505 g/mol. The lowest BCUT2D eigenvalue weighted by Crippen LogP contribution is -2.06. The van der Waals surface area contributed by atoms with Gasteiger partial charge in [0.25, 0.3) is 0 Å². The van der Waals surface area contributed by atoms with Crippen molar-refractivity contribution in [3.63, 3.8) is 0 Å². The van der Waals surface area contributed by atoms with Crippen molar-refractivity contribution in [2.24, 2.45) is 5.16 Å². The molecule has 5 nitrogen and oxygen atoms in total. The summed E-state index contributed by atoms with van der Waals surface area (Å²) in [5, 5.41) is 4.73. The van der Waals surface area contributed by atoms with Crippen molar-refractivity contribution >= 4 is 52.1 Å². The van der Waals surface area contributed by atoms with E-state index in [0.717, 1.165) is 17.0 Å². The summed E-state index contributed by atoms with van der Waals surface area (Å²) in [6, 6.07) is 10.9. The third-order valence-electron chi connectivity index (χ3n) is 3.85. The lowest BCUT2D eigenvalue weighted by atomic mass is 10.1. The first-order chi connectivity index (χ1) is 14.9. The molecule has 0 fully saturated rings. The number of ether oxygens (including phenoxy) is 3. The van der Waals surface area contributed by atoms with E-state index in [1.165, 1.54) is 6.08 Å². The number of hydrogen-bond donors (Lipinski definition) is 0. The second-order valence-electron chi connectivity index (χ2n) is 6.19. The van der Waals surface area contributed by atoms with Gasteiger partial charge in [-0.3, -0.25) is 0 Å². The van der Waals surface area contributed by atoms with Gasteiger partial charge < -0.3 is 19.0 Å². The molecule has 168 valence electrons. The standard InChI is InChI=1S/C22H23Cl4NO4/c1-3-31-27-15(2)16-6-4-7-17(12-16)28-9-5-10-30-22-19(23)13-18(14-20(22)24)29-11-8-21(25)26/h4,6-8,12-14H,3,5,9-11H2,1-2H3. The van der Waals surface area contributed by atoms with E-state index in [1.807, 2.05) is 38.1 Å². The molecule has 2 aromatic carbocycles. The van der Waals surface area contributed by atoms with Crippen LogP contribution in [0.15, 0.2) is 52.1 Å². The second kappa shape index (κ2) is 13.6. The molecule has 31 heavy (non-hydrogen) atoms. The van der Waals surface area contributed by atoms with Gasteiger partial charge in [0, 0.05) is 24.1 Å². The minimum absolute atomic E-state index is 0.125. The van der Waals surface area contributed by atoms with Crippen LogP contribution in [0, 0.1) is 0 Å². The van der Waals surface area contributed by atoms with Crippen LogP contribution in [0.25, 0.3) is 0 Å². The van der Waals surface area contributed by atoms with Gasteiger partial charge in [0.05, 0.1) is 29.0 Å². The van der Waals surface area contributed by atoms with Crippen molar-refractivity contribution < 1.29 is 19.0 Å². The van der Waals surface area contributed by atoms with Crippen molar-refractivity contribution in [3.8, 4) is 17.2 Å². The van der Waals surface area contributed by atoms with Gasteiger partial charge in [-0.2, -0.15) is 0 Å². The van der Waals surface area contributed by atoms with Gasteiger partial charge in [0.1, 0.15) is 29.2 Å². The number of halogens is 4. The summed E-state index contributed by atoms with van der Waals surface area (Å²) in [4.78, 5) is 5.09. The zero-order valence-electron chi connectivity index (χ0n) is 17.2. The highest BCUT2D eigenvalue weighted by Crippen LogP contribution is 2.37. The fraction of sp³-hybridized carbons (Fsp3) is 0.318. The van der Waals surface area contributed by atoms with Crippen LogP contribution in [0.3, 0.4) is 0 Å². The molecule has 0 atom stereocenters. The van der Waals surface area contributed by atoms with Gasteiger partial charge in [-0.1, -0.05) is 63.7 Å². The predicted molar refractivity (Wildman–Crippen MR) is 128 cm³/mol. The van der Waals surface area contributed by atoms with E-state index in [-0.39, 0.29) is 11.1 Å². The molecule has 9 heteroatoms. The summed E-state index contributed by atoms with van der Waals surface area (Å²) < 4.78 is 17.1. The molecule has 2 rings (SSSR count). The summed E-state index contributed by atoms with van der Waals surface area (Å²) >= 11 is 23.6. The quantitative estimate of drug-likeness (QED) is 0.172. The summed E-state index contributed by atoms with van der Waals surface area (Å²) in [5.74, 6) is 1.62. The maximum Gasteiger partial charge on any atom is 0.156 e. The Hall–Kier alpha value is -1.79. The van der Waals surface area contributed by atoms with Gasteiger partial charge in [-0.15, -0.1) is 0 Å². The average Bonchev–Trinajstić information content (AvgIpc) is 2.73. The fourth-order valence-corrected chi connectivity index (χ4v) is 3.11. The Balaban J connectivity index is 1.82. The van der Waals surface area contributed by atoms with Gasteiger partial charge in [-0.25, -0.2) is 0 Å². The predicted octanol–water partition coefficient (Wildman–Crippen LogP) is 7.30. The zero-order valence-corrected chi connectivity index (χ0v) is 20.2. The molecular formula is C22H23Cl4NO4. The van der Waals surface area contributed by atoms with Gasteiger partial charge in [0.15, 0.2) is 5.75 Å². The molecule has 0 saturated carbocycles. The summed E-state index contributed by atoms with van der Waals surface area (Å²) in [7, 11) is 0. The zero-order chi connectivity index (χ0) is 22.6. The number of benzene rings is 2. The highest BCUT2D eigenvalue weighted by atomic mass is 35.5. The molecule has 0 aromatic heterocycles. The van der Waals surface area contributed by atoms with Crippen molar-refractivity contribution in [2.45, 2.75) is 20.3 Å². The summed E-state index contributed by atoms with van der Waals surface area (Å²) in [6.45, 7) is 5.35. The van der Waals surface area contributed by atoms with Crippen molar-refractivity contribution in [1.29, 1.82) is 0 Å². The van der Waals surface area contributed by atoms with Crippen LogP contribution in [0.4, 0.5) is 0 Å². The van der Waals surface area contributed by atoms with Crippen LogP contribution in [0.1, 0.15) is 25.8 Å². The van der Waals surface area contributed by atoms with Crippen LogP contribution in [-0.2, 0) is 4.84 Å². The van der Waals surface area contributed by atoms with Gasteiger partial charge >= 0.3 is 0 Å². The highest BCUT2D eigenvalue weighted by molar-refractivity contribution is 6.55. The van der Waals surface area contributed by atoms with Crippen LogP contribution in [-0.4, -0.2) is 32.1 Å². The topological polar surface area (TPSA) is 49.3 Å². The first-order valence-corrected chi connectivity index (χ1v) is 11.1. The first-order valence-electron chi connectivity index (χ1n) is 9.56. The molecule has 0 spiro atoms. The molecule has 0 aliphatic heterocycles. The third kappa shape index (κ3) is 9.08. The summed E-state index contributed by atoms with van der Waals surface area (Å²) in [6.07, 6.45) is 2.15. The largest absolute Gasteiger partial charge is 0.493 e. The third-order valence-corrected chi connectivity index (χ3v) is 4.72. The Labute approximate surface area is 202 Å². The molecule has 0 unspecified atom stereocenters. The SMILES string of the molecule is CCON=C(C)c1cccc(OCCCOc2c(Cl)cc(OCC=C(Cl)Cl)cc2Cl)c1. The van der Waals surface area contributed by atoms with E-state index >= 15 is 0 Å². The Kier molecular flexibility index (Phi) is 11.2. The second-order valence-corrected chi connectivity index (χ2v) is 8.02. The van der Waals surface area contributed by atoms with E-state index < -0.39 is 0 Å². The molecular weight excluding hydrogens is 484 g/mol. The van der Waals surface area contributed by atoms with E-state index in [2.05, 4.69) is 5.16 Å². The molecule has 0 N–H and O–H groups in total. The molecule has 2 aromatic rings. The Morgan fingerprint density at radius 1 is 0.968 bits per heavy atom. The molecule has 0 heterocycles. The van der Waals surface area contributed by atoms with E-state index in [0.29, 0.717) is 47.8 Å². The van der Waals surface area contributed by atoms with Crippen LogP contribution < -0.4 is 14.2 Å². The molecule has 0 aliphatic rings. The Morgan fingerprint density at radius 2 is 1.68 bits per heavy atom. The van der Waals surface area contributed by atoms with E-state index in [4.69, 9.17) is 65.5 Å². The molecule has 0 aliphatic carbocycles. The van der Waals surface area contributed by atoms with Crippen LogP contribution >= 0.6 is 46.4 Å². The maximum absolute atomic E-state index is 6.26. The summed E-state index contributed by atoms with van der Waals surface area (Å²) in [5.41, 5.74) is 1.72. The Morgan fingerprint density at radius 3 is 2.35 bits per heavy atom. The number of rotatable bonds is 12. The lowest BCUT2D eigenvalue weighted by molar-refractivity contribution is 0.159. The lowest BCUT2D eigenvalue weighted by Gasteiger charge is -2.13. The molecule has 0 bridgehead atoms. The van der Waals surface area contributed by atoms with Crippen LogP contribution in [0.5, 0.6) is 17.2 Å². The van der Waals surface area contributed by atoms with Crippen molar-refractivity contribution in [3.05, 3.63) is 62.6 Å². The number of hydrogen-bond acceptors (Lipinski definition) is 5. The molecule has 0 amide bonds. The molecule has 0 saturated heterocycles. The van der Waals surface area contributed by atoms with Gasteiger partial charge in [-0.05, 0) is 32.1 Å². The fourth-order valence-electron chi connectivity index (χ4n) is 2.41. The normalized spacial score (nSPS) is 11.1. The molecule has 0 radical (unpaired) electrons. The highest BCUT2D eigenvalue weighted by Gasteiger charge is 2.11. The minimum atomic E-state index is 0.125. The van der Waals surface area contributed by atoms with Crippen LogP contribution in [0.2, 0.25) is 10.0 Å². The maximum atomic E-state index is 6.26. The van der Waals surface area contributed by atoms with Crippen molar-refractivity contribution in [2.75, 3.05) is 26.4 Å². The average molecular weight is 507 g/mol.